The molecule has 0 bridgehead atoms. The molecule has 4 aromatic rings. The number of hydrogen-bond acceptors (Lipinski definition) is 2. The van der Waals surface area contributed by atoms with Gasteiger partial charge in [0.1, 0.15) is 0 Å². The lowest BCUT2D eigenvalue weighted by Crippen LogP contribution is -2.29. The fourth-order valence-corrected chi connectivity index (χ4v) is 11.1. The predicted octanol–water partition coefficient (Wildman–Crippen LogP) is 14.6. The van der Waals surface area contributed by atoms with Crippen LogP contribution in [0.3, 0.4) is 0 Å². The molecule has 0 saturated heterocycles. The first kappa shape index (κ1) is 42.0. The summed E-state index contributed by atoms with van der Waals surface area (Å²) in [5.74, 6) is 3.00. The summed E-state index contributed by atoms with van der Waals surface area (Å²) < 4.78 is 0. The van der Waals surface area contributed by atoms with E-state index in [0.717, 1.165) is 45.5 Å². The molecule has 2 aliphatic carbocycles. The number of benzene rings is 4. The van der Waals surface area contributed by atoms with Crippen LogP contribution in [0.25, 0.3) is 33.6 Å². The maximum atomic E-state index is 14.3. The van der Waals surface area contributed by atoms with Gasteiger partial charge in [-0.15, -0.1) is 0 Å². The second kappa shape index (κ2) is 19.3. The third-order valence-electron chi connectivity index (χ3n) is 14.7. The molecule has 2 saturated carbocycles. The van der Waals surface area contributed by atoms with Gasteiger partial charge in [-0.05, 0) is 133 Å². The summed E-state index contributed by atoms with van der Waals surface area (Å²) in [6.07, 6.45) is 21.6. The van der Waals surface area contributed by atoms with E-state index in [1.807, 2.05) is 13.8 Å². The summed E-state index contributed by atoms with van der Waals surface area (Å²) >= 11 is 0. The van der Waals surface area contributed by atoms with E-state index in [0.29, 0.717) is 36.1 Å². The second-order valence-corrected chi connectivity index (χ2v) is 18.4. The van der Waals surface area contributed by atoms with Gasteiger partial charge in [-0.25, -0.2) is 0 Å². The molecule has 0 radical (unpaired) electrons. The van der Waals surface area contributed by atoms with Crippen LogP contribution in [0.1, 0.15) is 165 Å². The SMILES string of the molecule is CCCCCC1CCC(c2ccc(-c3ccc(C4=C5C(=O)N(CC)C(c6ccc(-c7ccc(C8CCC(CCCCC)CC8)cc7)cc6)=C5C(=O)N4CC)cc3)cc2)CC1. The summed E-state index contributed by atoms with van der Waals surface area (Å²) in [6, 6.07) is 35.3. The van der Waals surface area contributed by atoms with Gasteiger partial charge in [0, 0.05) is 13.1 Å². The van der Waals surface area contributed by atoms with E-state index in [2.05, 4.69) is 111 Å². The standard InChI is InChI=1S/C56H68N2O2/c1-5-9-11-13-39-15-19-41(20-16-39)43-23-27-45(28-24-43)47-31-35-49(36-32-47)53-51-52(56(60)57(53)7-3)54(58(8-4)55(51)59)50-37-33-48(34-38-50)46-29-25-44(26-30-46)42-21-17-40(18-22-42)14-12-10-6-2/h23-42H,5-22H2,1-4H3. The molecule has 2 heterocycles. The van der Waals surface area contributed by atoms with Crippen molar-refractivity contribution in [2.75, 3.05) is 13.1 Å². The van der Waals surface area contributed by atoms with Gasteiger partial charge in [0.2, 0.25) is 0 Å². The van der Waals surface area contributed by atoms with Crippen LogP contribution in [-0.2, 0) is 9.59 Å². The zero-order valence-electron chi connectivity index (χ0n) is 37.0. The summed E-state index contributed by atoms with van der Waals surface area (Å²) in [7, 11) is 0. The Morgan fingerprint density at radius 2 is 0.700 bits per heavy atom. The molecule has 0 N–H and O–H groups in total. The molecule has 4 aromatic carbocycles. The largest absolute Gasteiger partial charge is 0.307 e. The number of carbonyl (C=O) groups excluding carboxylic acids is 2. The maximum absolute atomic E-state index is 14.3. The fraction of sp³-hybridized carbons (Fsp3) is 0.464. The van der Waals surface area contributed by atoms with Gasteiger partial charge in [0.05, 0.1) is 22.5 Å². The van der Waals surface area contributed by atoms with E-state index >= 15 is 0 Å². The topological polar surface area (TPSA) is 40.6 Å². The van der Waals surface area contributed by atoms with Crippen molar-refractivity contribution in [3.05, 3.63) is 130 Å². The highest BCUT2D eigenvalue weighted by atomic mass is 16.2. The van der Waals surface area contributed by atoms with E-state index < -0.39 is 0 Å². The minimum atomic E-state index is -0.0916. The van der Waals surface area contributed by atoms with Gasteiger partial charge in [-0.1, -0.05) is 162 Å². The number of carbonyl (C=O) groups is 2. The molecule has 4 aliphatic rings. The smallest absolute Gasteiger partial charge is 0.261 e. The number of nitrogens with zero attached hydrogens (tertiary/aromatic N) is 2. The summed E-state index contributed by atoms with van der Waals surface area (Å²) in [6.45, 7) is 9.57. The fourth-order valence-electron chi connectivity index (χ4n) is 11.1. The van der Waals surface area contributed by atoms with Crippen molar-refractivity contribution in [3.8, 4) is 22.3 Å². The van der Waals surface area contributed by atoms with Crippen molar-refractivity contribution in [2.45, 2.75) is 142 Å². The number of rotatable bonds is 16. The molecule has 2 aliphatic heterocycles. The highest BCUT2D eigenvalue weighted by molar-refractivity contribution is 6.30. The number of unbranched alkanes of at least 4 members (excludes halogenated alkanes) is 4. The summed E-state index contributed by atoms with van der Waals surface area (Å²) in [5, 5.41) is 0. The average Bonchev–Trinajstić information content (AvgIpc) is 3.76. The molecule has 2 fully saturated rings. The molecule has 0 aromatic heterocycles. The van der Waals surface area contributed by atoms with Crippen LogP contribution >= 0.6 is 0 Å². The Bertz CT molecular complexity index is 1990. The molecule has 0 atom stereocenters. The third kappa shape index (κ3) is 8.72. The van der Waals surface area contributed by atoms with Gasteiger partial charge in [0.15, 0.2) is 0 Å². The number of amides is 2. The van der Waals surface area contributed by atoms with Crippen molar-refractivity contribution in [1.82, 2.24) is 9.80 Å². The third-order valence-corrected chi connectivity index (χ3v) is 14.7. The Balaban J connectivity index is 0.977. The van der Waals surface area contributed by atoms with Crippen LogP contribution in [0.5, 0.6) is 0 Å². The van der Waals surface area contributed by atoms with Crippen molar-refractivity contribution < 1.29 is 9.59 Å². The van der Waals surface area contributed by atoms with E-state index in [4.69, 9.17) is 0 Å². The minimum absolute atomic E-state index is 0.0916. The lowest BCUT2D eigenvalue weighted by molar-refractivity contribution is -0.124. The first-order valence-corrected chi connectivity index (χ1v) is 24.0. The lowest BCUT2D eigenvalue weighted by atomic mass is 9.77. The Labute approximate surface area is 361 Å². The average molecular weight is 801 g/mol. The van der Waals surface area contributed by atoms with E-state index in [1.165, 1.54) is 125 Å². The zero-order chi connectivity index (χ0) is 41.6. The highest BCUT2D eigenvalue weighted by Gasteiger charge is 2.48. The minimum Gasteiger partial charge on any atom is -0.307 e. The van der Waals surface area contributed by atoms with Gasteiger partial charge < -0.3 is 9.80 Å². The van der Waals surface area contributed by atoms with Gasteiger partial charge in [-0.3, -0.25) is 9.59 Å². The zero-order valence-corrected chi connectivity index (χ0v) is 37.0. The molecule has 2 amide bonds. The van der Waals surface area contributed by atoms with E-state index in [9.17, 15) is 9.59 Å². The van der Waals surface area contributed by atoms with Crippen LogP contribution in [-0.4, -0.2) is 34.7 Å². The van der Waals surface area contributed by atoms with Gasteiger partial charge in [-0.2, -0.15) is 0 Å². The van der Waals surface area contributed by atoms with E-state index in [1.54, 1.807) is 9.80 Å². The maximum Gasteiger partial charge on any atom is 0.261 e. The molecule has 60 heavy (non-hydrogen) atoms. The molecule has 0 spiro atoms. The van der Waals surface area contributed by atoms with Crippen LogP contribution < -0.4 is 0 Å². The van der Waals surface area contributed by atoms with Crippen LogP contribution in [0.4, 0.5) is 0 Å². The first-order valence-electron chi connectivity index (χ1n) is 24.0. The van der Waals surface area contributed by atoms with Gasteiger partial charge >= 0.3 is 0 Å². The first-order chi connectivity index (χ1) is 29.4. The lowest BCUT2D eigenvalue weighted by Gasteiger charge is -2.29. The highest BCUT2D eigenvalue weighted by Crippen LogP contribution is 2.47. The number of hydrogen-bond donors (Lipinski definition) is 0. The Morgan fingerprint density at radius 1 is 0.400 bits per heavy atom. The van der Waals surface area contributed by atoms with E-state index in [-0.39, 0.29) is 11.8 Å². The Kier molecular flexibility index (Phi) is 13.5. The molecule has 314 valence electrons. The summed E-state index contributed by atoms with van der Waals surface area (Å²) in [4.78, 5) is 32.2. The number of fused-ring (bicyclic) bond motifs is 1. The van der Waals surface area contributed by atoms with Crippen LogP contribution in [0.2, 0.25) is 0 Å². The number of likely N-dealkylation sites (N-methyl/N-ethyl adjacent to an activating group) is 2. The molecule has 0 unspecified atom stereocenters. The Morgan fingerprint density at radius 3 is 1.00 bits per heavy atom. The second-order valence-electron chi connectivity index (χ2n) is 18.4. The normalized spacial score (nSPS) is 22.0. The van der Waals surface area contributed by atoms with Crippen molar-refractivity contribution in [1.29, 1.82) is 0 Å². The Hall–Kier alpha value is -4.70. The quantitative estimate of drug-likeness (QED) is 0.106. The van der Waals surface area contributed by atoms with Crippen molar-refractivity contribution >= 4 is 23.2 Å². The molecular formula is C56H68N2O2. The molecule has 8 rings (SSSR count). The van der Waals surface area contributed by atoms with Crippen LogP contribution in [0.15, 0.2) is 108 Å². The monoisotopic (exact) mass is 801 g/mol. The molecule has 4 heteroatoms. The van der Waals surface area contributed by atoms with Crippen LogP contribution in [0, 0.1) is 11.8 Å². The van der Waals surface area contributed by atoms with Crippen molar-refractivity contribution in [3.63, 3.8) is 0 Å². The predicted molar refractivity (Wildman–Crippen MR) is 250 cm³/mol. The summed E-state index contributed by atoms with van der Waals surface area (Å²) in [5.41, 5.74) is 11.9. The molecule has 4 nitrogen and oxygen atoms in total. The van der Waals surface area contributed by atoms with Gasteiger partial charge in [0.25, 0.3) is 11.8 Å². The molecular weight excluding hydrogens is 733 g/mol. The van der Waals surface area contributed by atoms with Crippen molar-refractivity contribution in [2.24, 2.45) is 11.8 Å².